The first-order chi connectivity index (χ1) is 13.1. The molecule has 3 rings (SSSR count). The summed E-state index contributed by atoms with van der Waals surface area (Å²) in [5.41, 5.74) is 3.25. The van der Waals surface area contributed by atoms with E-state index in [2.05, 4.69) is 17.6 Å². The summed E-state index contributed by atoms with van der Waals surface area (Å²) in [5.74, 6) is 0.220. The van der Waals surface area contributed by atoms with Crippen LogP contribution in [0.2, 0.25) is 0 Å². The molecular formula is C22H28N2O3. The van der Waals surface area contributed by atoms with Gasteiger partial charge in [-0.25, -0.2) is 0 Å². The van der Waals surface area contributed by atoms with E-state index in [1.165, 1.54) is 0 Å². The van der Waals surface area contributed by atoms with Gasteiger partial charge in [-0.1, -0.05) is 43.3 Å². The molecule has 0 bridgehead atoms. The number of carbonyl (C=O) groups excluding carboxylic acids is 1. The van der Waals surface area contributed by atoms with E-state index >= 15 is 0 Å². The van der Waals surface area contributed by atoms with E-state index in [9.17, 15) is 15.0 Å². The molecule has 3 atom stereocenters. The quantitative estimate of drug-likeness (QED) is 0.577. The number of hydrogen-bond donors (Lipinski definition) is 4. The highest BCUT2D eigenvalue weighted by Gasteiger charge is 2.31. The summed E-state index contributed by atoms with van der Waals surface area (Å²) >= 11 is 0. The molecule has 0 aliphatic heterocycles. The van der Waals surface area contributed by atoms with Crippen molar-refractivity contribution in [3.05, 3.63) is 65.2 Å². The van der Waals surface area contributed by atoms with E-state index in [4.69, 9.17) is 0 Å². The number of phenolic OH excluding ortho intramolecular Hbond substituents is 1. The lowest BCUT2D eigenvalue weighted by atomic mass is 10.0. The van der Waals surface area contributed by atoms with Crippen molar-refractivity contribution in [2.24, 2.45) is 0 Å². The highest BCUT2D eigenvalue weighted by Crippen LogP contribution is 2.31. The number of carbonyl (C=O) groups is 1. The molecule has 144 valence electrons. The van der Waals surface area contributed by atoms with E-state index < -0.39 is 6.10 Å². The second-order valence-electron chi connectivity index (χ2n) is 7.18. The fourth-order valence-electron chi connectivity index (χ4n) is 3.78. The summed E-state index contributed by atoms with van der Waals surface area (Å²) in [6.45, 7) is 2.88. The van der Waals surface area contributed by atoms with Gasteiger partial charge in [0.1, 0.15) is 5.75 Å². The first-order valence-electron chi connectivity index (χ1n) is 9.63. The zero-order valence-corrected chi connectivity index (χ0v) is 15.7. The summed E-state index contributed by atoms with van der Waals surface area (Å²) in [6.07, 6.45) is 1.94. The summed E-state index contributed by atoms with van der Waals surface area (Å²) in [5, 5.41) is 26.1. The van der Waals surface area contributed by atoms with Gasteiger partial charge in [0.05, 0.1) is 12.1 Å². The first-order valence-corrected chi connectivity index (χ1v) is 9.63. The van der Waals surface area contributed by atoms with Gasteiger partial charge in [0.25, 0.3) is 0 Å². The van der Waals surface area contributed by atoms with Crippen LogP contribution in [-0.4, -0.2) is 34.8 Å². The second kappa shape index (κ2) is 9.02. The molecule has 0 radical (unpaired) electrons. The third-order valence-corrected chi connectivity index (χ3v) is 5.15. The molecule has 1 aliphatic rings. The summed E-state index contributed by atoms with van der Waals surface area (Å²) in [7, 11) is 0. The lowest BCUT2D eigenvalue weighted by Crippen LogP contribution is -2.36. The number of hydrogen-bond acceptors (Lipinski definition) is 4. The lowest BCUT2D eigenvalue weighted by molar-refractivity contribution is -0.122. The maximum atomic E-state index is 12.5. The lowest BCUT2D eigenvalue weighted by Gasteiger charge is -2.20. The first kappa shape index (κ1) is 19.4. The van der Waals surface area contributed by atoms with Crippen molar-refractivity contribution >= 4 is 5.91 Å². The van der Waals surface area contributed by atoms with Gasteiger partial charge < -0.3 is 20.8 Å². The normalized spacial score (nSPS) is 19.5. The van der Waals surface area contributed by atoms with Gasteiger partial charge in [0, 0.05) is 18.9 Å². The molecule has 1 unspecified atom stereocenters. The largest absolute Gasteiger partial charge is 0.508 e. The van der Waals surface area contributed by atoms with E-state index in [1.54, 1.807) is 12.1 Å². The van der Waals surface area contributed by atoms with Gasteiger partial charge in [-0.2, -0.15) is 0 Å². The number of aliphatic hydroxyl groups excluding tert-OH is 1. The van der Waals surface area contributed by atoms with Gasteiger partial charge >= 0.3 is 0 Å². The van der Waals surface area contributed by atoms with Gasteiger partial charge in [0.15, 0.2) is 0 Å². The van der Waals surface area contributed by atoms with Gasteiger partial charge in [-0.3, -0.25) is 4.79 Å². The molecule has 1 aliphatic carbocycles. The molecule has 0 saturated carbocycles. The minimum atomic E-state index is -0.562. The van der Waals surface area contributed by atoms with E-state index in [0.29, 0.717) is 19.3 Å². The average Bonchev–Trinajstić information content (AvgIpc) is 2.97. The third-order valence-electron chi connectivity index (χ3n) is 5.15. The Balaban J connectivity index is 1.54. The van der Waals surface area contributed by atoms with Gasteiger partial charge in [-0.05, 0) is 48.2 Å². The van der Waals surface area contributed by atoms with Crippen LogP contribution < -0.4 is 10.6 Å². The minimum Gasteiger partial charge on any atom is -0.508 e. The zero-order chi connectivity index (χ0) is 19.2. The van der Waals surface area contributed by atoms with E-state index in [-0.39, 0.29) is 23.7 Å². The van der Waals surface area contributed by atoms with Crippen molar-refractivity contribution in [3.8, 4) is 5.75 Å². The van der Waals surface area contributed by atoms with Crippen molar-refractivity contribution in [3.63, 3.8) is 0 Å². The molecule has 0 saturated heterocycles. The maximum Gasteiger partial charge on any atom is 0.220 e. The fourth-order valence-corrected chi connectivity index (χ4v) is 3.78. The fraction of sp³-hybridized carbons (Fsp3) is 0.409. The number of phenols is 1. The van der Waals surface area contributed by atoms with Crippen LogP contribution in [0.5, 0.6) is 5.75 Å². The topological polar surface area (TPSA) is 81.6 Å². The third kappa shape index (κ3) is 5.08. The maximum absolute atomic E-state index is 12.5. The average molecular weight is 368 g/mol. The number of rotatable bonds is 8. The molecule has 2 aromatic rings. The monoisotopic (exact) mass is 368 g/mol. The van der Waals surface area contributed by atoms with Crippen molar-refractivity contribution in [2.45, 2.75) is 50.8 Å². The Hall–Kier alpha value is -2.37. The van der Waals surface area contributed by atoms with Crippen molar-refractivity contribution in [2.75, 3.05) is 6.54 Å². The highest BCUT2D eigenvalue weighted by molar-refractivity contribution is 5.76. The Morgan fingerprint density at radius 2 is 1.93 bits per heavy atom. The Kier molecular flexibility index (Phi) is 6.48. The van der Waals surface area contributed by atoms with Crippen molar-refractivity contribution in [1.29, 1.82) is 0 Å². The molecule has 0 heterocycles. The molecule has 27 heavy (non-hydrogen) atoms. The number of aliphatic hydroxyl groups is 1. The predicted molar refractivity (Wildman–Crippen MR) is 106 cm³/mol. The minimum absolute atomic E-state index is 0.0376. The number of amides is 1. The molecule has 0 spiro atoms. The SMILES string of the molecule is CCNC(CCC(=O)N[C@@H]1c2ccccc2C[C@@H]1O)Cc1ccc(O)cc1. The standard InChI is InChI=1S/C22H28N2O3/c1-2-23-17(13-15-7-10-18(25)11-8-15)9-12-21(27)24-22-19-6-4-3-5-16(19)14-20(22)26/h3-8,10-11,17,20,22-23,25-26H,2,9,12-14H2,1H3,(H,24,27)/t17?,20-,22+/m0/s1. The Bertz CT molecular complexity index is 760. The highest BCUT2D eigenvalue weighted by atomic mass is 16.3. The number of aromatic hydroxyl groups is 1. The van der Waals surface area contributed by atoms with Crippen LogP contribution >= 0.6 is 0 Å². The zero-order valence-electron chi connectivity index (χ0n) is 15.7. The molecule has 0 aromatic heterocycles. The Labute approximate surface area is 160 Å². The summed E-state index contributed by atoms with van der Waals surface area (Å²) < 4.78 is 0. The van der Waals surface area contributed by atoms with E-state index in [1.807, 2.05) is 36.4 Å². The van der Waals surface area contributed by atoms with Crippen LogP contribution in [0.4, 0.5) is 0 Å². The molecule has 1 amide bonds. The molecular weight excluding hydrogens is 340 g/mol. The molecule has 5 heteroatoms. The van der Waals surface area contributed by atoms with Crippen LogP contribution in [0, 0.1) is 0 Å². The van der Waals surface area contributed by atoms with E-state index in [0.717, 1.165) is 29.7 Å². The predicted octanol–water partition coefficient (Wildman–Crippen LogP) is 2.47. The van der Waals surface area contributed by atoms with Crippen LogP contribution in [-0.2, 0) is 17.6 Å². The van der Waals surface area contributed by atoms with Crippen LogP contribution in [0.15, 0.2) is 48.5 Å². The number of likely N-dealkylation sites (N-methyl/N-ethyl adjacent to an activating group) is 1. The van der Waals surface area contributed by atoms with Crippen molar-refractivity contribution in [1.82, 2.24) is 10.6 Å². The van der Waals surface area contributed by atoms with Crippen molar-refractivity contribution < 1.29 is 15.0 Å². The smallest absolute Gasteiger partial charge is 0.220 e. The van der Waals surface area contributed by atoms with Crippen LogP contribution in [0.1, 0.15) is 42.5 Å². The Morgan fingerprint density at radius 1 is 1.19 bits per heavy atom. The summed E-state index contributed by atoms with van der Waals surface area (Å²) in [4.78, 5) is 12.5. The Morgan fingerprint density at radius 3 is 2.67 bits per heavy atom. The molecule has 0 fully saturated rings. The van der Waals surface area contributed by atoms with Crippen LogP contribution in [0.25, 0.3) is 0 Å². The second-order valence-corrected chi connectivity index (χ2v) is 7.18. The van der Waals surface area contributed by atoms with Gasteiger partial charge in [0.2, 0.25) is 5.91 Å². The van der Waals surface area contributed by atoms with Crippen LogP contribution in [0.3, 0.4) is 0 Å². The van der Waals surface area contributed by atoms with Gasteiger partial charge in [-0.15, -0.1) is 0 Å². The molecule has 2 aromatic carbocycles. The molecule has 5 nitrogen and oxygen atoms in total. The molecule has 4 N–H and O–H groups in total. The number of benzene rings is 2. The number of nitrogens with one attached hydrogen (secondary N) is 2. The summed E-state index contributed by atoms with van der Waals surface area (Å²) in [6, 6.07) is 14.9. The number of fused-ring (bicyclic) bond motifs is 1.